The summed E-state index contributed by atoms with van der Waals surface area (Å²) < 4.78 is 19.4. The normalized spacial score (nSPS) is 31.3. The number of amides is 4. The first-order valence-corrected chi connectivity index (χ1v) is 16.4. The number of ether oxygens (including phenoxy) is 1. The number of fused-ring (bicyclic) bond motifs is 4. The van der Waals surface area contributed by atoms with Crippen molar-refractivity contribution in [3.63, 3.8) is 0 Å². The Hall–Kier alpha value is -3.98. The zero-order chi connectivity index (χ0) is 32.5. The fourth-order valence-electron chi connectivity index (χ4n) is 8.82. The lowest BCUT2D eigenvalue weighted by Crippen LogP contribution is -2.49. The Labute approximate surface area is 271 Å². The van der Waals surface area contributed by atoms with Crippen LogP contribution in [0.3, 0.4) is 0 Å². The summed E-state index contributed by atoms with van der Waals surface area (Å²) in [7, 11) is 1.46. The number of carbonyl (C=O) groups excluding carboxylic acids is 4. The van der Waals surface area contributed by atoms with E-state index in [9.17, 15) is 28.7 Å². The van der Waals surface area contributed by atoms with Gasteiger partial charge in [0.05, 0.1) is 41.0 Å². The molecule has 0 spiro atoms. The molecule has 2 aromatic rings. The number of anilines is 1. The van der Waals surface area contributed by atoms with Crippen LogP contribution in [0, 0.1) is 40.8 Å². The largest absolute Gasteiger partial charge is 0.504 e. The molecule has 1 N–H and O–H groups in total. The summed E-state index contributed by atoms with van der Waals surface area (Å²) in [4.78, 5) is 59.2. The van der Waals surface area contributed by atoms with Crippen molar-refractivity contribution in [3.05, 3.63) is 70.5 Å². The fourth-order valence-corrected chi connectivity index (χ4v) is 8.99. The molecular formula is C36H36ClFN2O6. The topological polar surface area (TPSA) is 104 Å². The van der Waals surface area contributed by atoms with Gasteiger partial charge in [-0.05, 0) is 74.4 Å². The Morgan fingerprint density at radius 3 is 2.48 bits per heavy atom. The Kier molecular flexibility index (Phi) is 7.58. The van der Waals surface area contributed by atoms with Crippen molar-refractivity contribution >= 4 is 47.0 Å². The summed E-state index contributed by atoms with van der Waals surface area (Å²) in [6.45, 7) is 1.79. The molecule has 46 heavy (non-hydrogen) atoms. The molecular weight excluding hydrogens is 611 g/mol. The highest BCUT2D eigenvalue weighted by Gasteiger charge is 2.67. The van der Waals surface area contributed by atoms with Crippen LogP contribution in [0.5, 0.6) is 11.5 Å². The predicted molar refractivity (Wildman–Crippen MR) is 169 cm³/mol. The molecule has 6 atom stereocenters. The first kappa shape index (κ1) is 30.7. The maximum atomic E-state index is 14.4. The van der Waals surface area contributed by atoms with E-state index < -0.39 is 52.6 Å². The van der Waals surface area contributed by atoms with Crippen molar-refractivity contribution in [3.8, 4) is 11.5 Å². The Balaban J connectivity index is 1.32. The van der Waals surface area contributed by atoms with E-state index >= 15 is 0 Å². The van der Waals surface area contributed by atoms with Crippen LogP contribution in [0.1, 0.15) is 57.4 Å². The van der Waals surface area contributed by atoms with Gasteiger partial charge in [0.15, 0.2) is 11.5 Å². The standard InChI is InChI=1S/C36H36ClFN2O6/c1-36-25(13-8-19-9-15-29(41)30(16-19)46-2)22-11-12-23-31(34(44)39(32(23)42)20-6-4-3-5-7-20)24(22)18-26(36)33(43)40(35(36)45)21-10-14-28(38)27(37)17-21/h8-11,13-17,20,23-26,31,41H,3-7,12,18H2,1-2H3. The van der Waals surface area contributed by atoms with Crippen molar-refractivity contribution in [2.75, 3.05) is 12.0 Å². The molecule has 0 aromatic heterocycles. The van der Waals surface area contributed by atoms with Crippen molar-refractivity contribution in [2.45, 2.75) is 57.9 Å². The molecule has 5 aliphatic rings. The Bertz CT molecular complexity index is 1720. The van der Waals surface area contributed by atoms with Gasteiger partial charge in [-0.3, -0.25) is 24.1 Å². The number of benzene rings is 2. The highest BCUT2D eigenvalue weighted by atomic mass is 35.5. The number of nitrogens with zero attached hydrogens (tertiary/aromatic N) is 2. The van der Waals surface area contributed by atoms with Crippen LogP contribution in [0.25, 0.3) is 6.08 Å². The molecule has 8 nitrogen and oxygen atoms in total. The molecule has 4 fully saturated rings. The monoisotopic (exact) mass is 646 g/mol. The van der Waals surface area contributed by atoms with E-state index in [-0.39, 0.29) is 46.5 Å². The minimum absolute atomic E-state index is 0.0115. The minimum atomic E-state index is -1.22. The zero-order valence-electron chi connectivity index (χ0n) is 25.7. The molecule has 2 heterocycles. The summed E-state index contributed by atoms with van der Waals surface area (Å²) in [5, 5.41) is 9.91. The minimum Gasteiger partial charge on any atom is -0.504 e. The van der Waals surface area contributed by atoms with E-state index in [1.54, 1.807) is 19.1 Å². The lowest BCUT2D eigenvalue weighted by atomic mass is 9.52. The predicted octanol–water partition coefficient (Wildman–Crippen LogP) is 6.30. The van der Waals surface area contributed by atoms with Crippen molar-refractivity contribution in [1.82, 2.24) is 4.90 Å². The summed E-state index contributed by atoms with van der Waals surface area (Å²) in [6, 6.07) is 8.60. The van der Waals surface area contributed by atoms with Crippen LogP contribution in [-0.2, 0) is 19.2 Å². The number of likely N-dealkylation sites (tertiary alicyclic amines) is 1. The van der Waals surface area contributed by atoms with Gasteiger partial charge in [0.2, 0.25) is 23.6 Å². The van der Waals surface area contributed by atoms with Crippen LogP contribution >= 0.6 is 11.6 Å². The van der Waals surface area contributed by atoms with Gasteiger partial charge in [0.25, 0.3) is 0 Å². The molecule has 6 unspecified atom stereocenters. The number of allylic oxidation sites excluding steroid dienone is 3. The van der Waals surface area contributed by atoms with E-state index in [4.69, 9.17) is 16.3 Å². The van der Waals surface area contributed by atoms with E-state index in [0.717, 1.165) is 48.6 Å². The number of phenols is 1. The molecule has 240 valence electrons. The molecule has 2 saturated heterocycles. The van der Waals surface area contributed by atoms with E-state index in [0.29, 0.717) is 12.0 Å². The Morgan fingerprint density at radius 2 is 1.76 bits per heavy atom. The second-order valence-corrected chi connectivity index (χ2v) is 13.8. The fraction of sp³-hybridized carbons (Fsp3) is 0.444. The number of hydrogen-bond donors (Lipinski definition) is 1. The third-order valence-corrected chi connectivity index (χ3v) is 11.5. The van der Waals surface area contributed by atoms with Crippen LogP contribution < -0.4 is 9.64 Å². The molecule has 2 aromatic carbocycles. The maximum Gasteiger partial charge on any atom is 0.241 e. The summed E-state index contributed by atoms with van der Waals surface area (Å²) >= 11 is 6.08. The van der Waals surface area contributed by atoms with Gasteiger partial charge in [-0.2, -0.15) is 0 Å². The number of rotatable bonds is 5. The first-order chi connectivity index (χ1) is 22.1. The molecule has 0 radical (unpaired) electrons. The van der Waals surface area contributed by atoms with Crippen LogP contribution in [-0.4, -0.2) is 46.8 Å². The number of carbonyl (C=O) groups is 4. The van der Waals surface area contributed by atoms with E-state index in [2.05, 4.69) is 0 Å². The first-order valence-electron chi connectivity index (χ1n) is 16.0. The second-order valence-electron chi connectivity index (χ2n) is 13.4. The molecule has 0 bridgehead atoms. The number of methoxy groups -OCH3 is 1. The average molecular weight is 647 g/mol. The van der Waals surface area contributed by atoms with Gasteiger partial charge in [0, 0.05) is 12.0 Å². The zero-order valence-corrected chi connectivity index (χ0v) is 26.5. The van der Waals surface area contributed by atoms with Gasteiger partial charge in [0.1, 0.15) is 5.82 Å². The average Bonchev–Trinajstić information content (AvgIpc) is 3.42. The van der Waals surface area contributed by atoms with E-state index in [1.165, 1.54) is 30.2 Å². The van der Waals surface area contributed by atoms with Gasteiger partial charge in [-0.25, -0.2) is 9.29 Å². The highest BCUT2D eigenvalue weighted by Crippen LogP contribution is 2.61. The number of halogens is 2. The van der Waals surface area contributed by atoms with Crippen LogP contribution in [0.2, 0.25) is 5.02 Å². The Morgan fingerprint density at radius 1 is 1.00 bits per heavy atom. The summed E-state index contributed by atoms with van der Waals surface area (Å²) in [5.74, 6) is -4.38. The molecule has 7 rings (SSSR count). The summed E-state index contributed by atoms with van der Waals surface area (Å²) in [6.07, 6.45) is 11.1. The van der Waals surface area contributed by atoms with Crippen molar-refractivity contribution in [2.24, 2.45) is 35.0 Å². The third kappa shape index (κ3) is 4.53. The lowest BCUT2D eigenvalue weighted by molar-refractivity contribution is -0.144. The SMILES string of the molecule is COc1cc(C=CC2C3=CCC4C(=O)N(C5CCCCC5)C(=O)C4C3CC3C(=O)N(c4ccc(F)c(Cl)c4)C(=O)C23C)ccc1O. The highest BCUT2D eigenvalue weighted by molar-refractivity contribution is 6.31. The molecule has 3 aliphatic carbocycles. The van der Waals surface area contributed by atoms with Crippen molar-refractivity contribution in [1.29, 1.82) is 0 Å². The molecule has 2 aliphatic heterocycles. The van der Waals surface area contributed by atoms with Crippen molar-refractivity contribution < 1.29 is 33.4 Å². The number of aromatic hydroxyl groups is 1. The molecule has 10 heteroatoms. The van der Waals surface area contributed by atoms with Gasteiger partial charge in [-0.15, -0.1) is 0 Å². The summed E-state index contributed by atoms with van der Waals surface area (Å²) in [5.41, 5.74) is 0.558. The van der Waals surface area contributed by atoms with Gasteiger partial charge in [-0.1, -0.05) is 60.7 Å². The number of imide groups is 2. The smallest absolute Gasteiger partial charge is 0.241 e. The second kappa shape index (κ2) is 11.4. The van der Waals surface area contributed by atoms with Gasteiger partial charge >= 0.3 is 0 Å². The lowest BCUT2D eigenvalue weighted by Gasteiger charge is -2.48. The van der Waals surface area contributed by atoms with E-state index in [1.807, 2.05) is 18.2 Å². The molecule has 4 amide bonds. The van der Waals surface area contributed by atoms with Gasteiger partial charge < -0.3 is 9.84 Å². The number of phenolic OH excluding ortho intramolecular Hbond substituents is 1. The van der Waals surface area contributed by atoms with Crippen LogP contribution in [0.4, 0.5) is 10.1 Å². The van der Waals surface area contributed by atoms with Crippen LogP contribution in [0.15, 0.2) is 54.1 Å². The third-order valence-electron chi connectivity index (χ3n) is 11.2. The number of hydrogen-bond acceptors (Lipinski definition) is 6. The quantitative estimate of drug-likeness (QED) is 0.302. The molecule has 2 saturated carbocycles. The maximum absolute atomic E-state index is 14.4.